The number of carbonyl (C=O) groups is 4. The molecule has 208 valence electrons. The van der Waals surface area contributed by atoms with Crippen LogP contribution in [0.5, 0.6) is 0 Å². The Bertz CT molecular complexity index is 857. The number of allylic oxidation sites excluding steroid dienone is 2. The third-order valence-electron chi connectivity index (χ3n) is 8.34. The van der Waals surface area contributed by atoms with Crippen LogP contribution in [-0.2, 0) is 28.7 Å². The summed E-state index contributed by atoms with van der Waals surface area (Å²) in [5.41, 5.74) is -1.81. The highest BCUT2D eigenvalue weighted by Gasteiger charge is 2.52. The minimum Gasteiger partial charge on any atom is -0.464 e. The zero-order valence-electron chi connectivity index (χ0n) is 22.2. The van der Waals surface area contributed by atoms with E-state index in [1.165, 1.54) is 4.90 Å². The summed E-state index contributed by atoms with van der Waals surface area (Å²) in [5, 5.41) is 21.8. The van der Waals surface area contributed by atoms with Gasteiger partial charge in [0.1, 0.15) is 17.4 Å². The van der Waals surface area contributed by atoms with Gasteiger partial charge in [-0.1, -0.05) is 19.1 Å². The molecule has 6 atom stereocenters. The quantitative estimate of drug-likeness (QED) is 0.306. The highest BCUT2D eigenvalue weighted by atomic mass is 16.5. The Morgan fingerprint density at radius 2 is 1.81 bits per heavy atom. The van der Waals surface area contributed by atoms with Crippen molar-refractivity contribution in [2.45, 2.75) is 108 Å². The number of hydrogen-bond donors (Lipinski definition) is 2. The molecule has 9 nitrogen and oxygen atoms in total. The molecule has 2 heterocycles. The maximum Gasteiger partial charge on any atom is 0.328 e. The van der Waals surface area contributed by atoms with Gasteiger partial charge in [0.25, 0.3) is 11.7 Å². The predicted molar refractivity (Wildman–Crippen MR) is 135 cm³/mol. The molecule has 2 aliphatic heterocycles. The van der Waals surface area contributed by atoms with Crippen LogP contribution in [0.15, 0.2) is 12.2 Å². The Hall–Kier alpha value is -2.10. The predicted octanol–water partition coefficient (Wildman–Crippen LogP) is 2.50. The largest absolute Gasteiger partial charge is 0.464 e. The minimum absolute atomic E-state index is 0.0192. The van der Waals surface area contributed by atoms with Crippen molar-refractivity contribution in [3.05, 3.63) is 12.2 Å². The number of rotatable bonds is 1. The molecular formula is C28H43NO8. The average molecular weight is 522 g/mol. The van der Waals surface area contributed by atoms with Crippen molar-refractivity contribution in [3.63, 3.8) is 0 Å². The van der Waals surface area contributed by atoms with E-state index in [1.54, 1.807) is 14.0 Å². The zero-order valence-corrected chi connectivity index (χ0v) is 22.2. The van der Waals surface area contributed by atoms with Crippen LogP contribution in [-0.4, -0.2) is 82.7 Å². The van der Waals surface area contributed by atoms with Crippen LogP contribution in [0, 0.1) is 11.8 Å². The highest BCUT2D eigenvalue weighted by molar-refractivity contribution is 6.39. The van der Waals surface area contributed by atoms with Gasteiger partial charge in [0.15, 0.2) is 0 Å². The van der Waals surface area contributed by atoms with Gasteiger partial charge in [-0.15, -0.1) is 0 Å². The number of hydrogen-bond acceptors (Lipinski definition) is 8. The normalized spacial score (nSPS) is 36.8. The number of ketones is 2. The minimum atomic E-state index is -1.81. The molecule has 9 heteroatoms. The van der Waals surface area contributed by atoms with Crippen molar-refractivity contribution in [1.29, 1.82) is 0 Å². The lowest BCUT2D eigenvalue weighted by Crippen LogP contribution is -2.59. The molecule has 3 rings (SSSR count). The maximum absolute atomic E-state index is 13.5. The molecule has 0 aromatic heterocycles. The van der Waals surface area contributed by atoms with Gasteiger partial charge in [0, 0.05) is 32.9 Å². The van der Waals surface area contributed by atoms with Crippen LogP contribution in [0.25, 0.3) is 0 Å². The fourth-order valence-electron chi connectivity index (χ4n) is 5.93. The molecule has 2 N–H and O–H groups in total. The van der Waals surface area contributed by atoms with E-state index in [4.69, 9.17) is 9.47 Å². The van der Waals surface area contributed by atoms with E-state index in [-0.39, 0.29) is 56.6 Å². The Morgan fingerprint density at radius 3 is 2.57 bits per heavy atom. The SMILES string of the molecule is COC1CCC/C=C/CC(=O)CC(O)CCOC(=O)C2CCCCN2C(=O)C(=O)[C@]2(O)CC1CC[C@H]2C. The number of ether oxygens (including phenoxy) is 2. The average Bonchev–Trinajstić information content (AvgIpc) is 2.88. The van der Waals surface area contributed by atoms with Gasteiger partial charge in [0.05, 0.1) is 18.8 Å². The molecule has 0 aromatic carbocycles. The third-order valence-corrected chi connectivity index (χ3v) is 8.34. The Morgan fingerprint density at radius 1 is 1.03 bits per heavy atom. The van der Waals surface area contributed by atoms with Crippen molar-refractivity contribution in [2.24, 2.45) is 11.8 Å². The summed E-state index contributed by atoms with van der Waals surface area (Å²) in [6.45, 7) is 1.95. The zero-order chi connectivity index (χ0) is 27.0. The number of methoxy groups -OCH3 is 1. The van der Waals surface area contributed by atoms with Crippen molar-refractivity contribution < 1.29 is 38.9 Å². The lowest BCUT2D eigenvalue weighted by atomic mass is 9.67. The van der Waals surface area contributed by atoms with Crippen molar-refractivity contribution >= 4 is 23.4 Å². The van der Waals surface area contributed by atoms with E-state index in [0.717, 1.165) is 25.7 Å². The van der Waals surface area contributed by atoms with Crippen molar-refractivity contribution in [3.8, 4) is 0 Å². The summed E-state index contributed by atoms with van der Waals surface area (Å²) in [4.78, 5) is 53.2. The molecule has 1 amide bonds. The lowest BCUT2D eigenvalue weighted by molar-refractivity contribution is -0.170. The second-order valence-corrected chi connectivity index (χ2v) is 10.9. The van der Waals surface area contributed by atoms with Gasteiger partial charge in [-0.3, -0.25) is 14.4 Å². The Labute approximate surface area is 219 Å². The number of nitrogens with zero attached hydrogens (tertiary/aromatic N) is 1. The smallest absolute Gasteiger partial charge is 0.328 e. The number of cyclic esters (lactones) is 1. The van der Waals surface area contributed by atoms with Gasteiger partial charge >= 0.3 is 5.97 Å². The monoisotopic (exact) mass is 521 g/mol. The van der Waals surface area contributed by atoms with Crippen LogP contribution in [0.1, 0.15) is 84.0 Å². The maximum atomic E-state index is 13.5. The number of esters is 1. The van der Waals surface area contributed by atoms with Crippen molar-refractivity contribution in [2.75, 3.05) is 20.3 Å². The lowest BCUT2D eigenvalue weighted by Gasteiger charge is -2.43. The standard InChI is InChI=1S/C28H43NO8/c1-19-12-13-20-18-28(19,35)25(32)26(33)29-15-8-7-10-23(29)27(34)37-16-14-22(31)17-21(30)9-5-3-4-6-11-24(20)36-2/h3,5,19-20,22-24,31,35H,4,6-18H2,1-2H3/b5-3+/t19-,20?,22?,23?,24?,28+/m1/s1. The first-order chi connectivity index (χ1) is 17.7. The topological polar surface area (TPSA) is 130 Å². The number of aliphatic hydroxyl groups excluding tert-OH is 1. The van der Waals surface area contributed by atoms with E-state index in [9.17, 15) is 29.4 Å². The Kier molecular flexibility index (Phi) is 10.8. The molecule has 37 heavy (non-hydrogen) atoms. The summed E-state index contributed by atoms with van der Waals surface area (Å²) >= 11 is 0. The van der Waals surface area contributed by atoms with Gasteiger partial charge in [-0.05, 0) is 69.6 Å². The number of carbonyl (C=O) groups excluding carboxylic acids is 4. The third kappa shape index (κ3) is 7.48. The molecule has 0 radical (unpaired) electrons. The van der Waals surface area contributed by atoms with Crippen LogP contribution in [0.4, 0.5) is 0 Å². The van der Waals surface area contributed by atoms with Gasteiger partial charge in [0.2, 0.25) is 0 Å². The van der Waals surface area contributed by atoms with Gasteiger partial charge < -0.3 is 24.6 Å². The highest BCUT2D eigenvalue weighted by Crippen LogP contribution is 2.41. The summed E-state index contributed by atoms with van der Waals surface area (Å²) in [6.07, 6.45) is 8.54. The number of aliphatic hydroxyl groups is 2. The van der Waals surface area contributed by atoms with E-state index < -0.39 is 41.3 Å². The molecule has 1 aliphatic carbocycles. The fourth-order valence-corrected chi connectivity index (χ4v) is 5.93. The molecule has 0 spiro atoms. The van der Waals surface area contributed by atoms with Crippen molar-refractivity contribution in [1.82, 2.24) is 4.90 Å². The Balaban J connectivity index is 1.83. The summed E-state index contributed by atoms with van der Waals surface area (Å²) < 4.78 is 11.1. The first-order valence-electron chi connectivity index (χ1n) is 13.8. The van der Waals surface area contributed by atoms with Crippen LogP contribution in [0.2, 0.25) is 0 Å². The first-order valence-corrected chi connectivity index (χ1v) is 13.8. The van der Waals surface area contributed by atoms with Gasteiger partial charge in [-0.25, -0.2) is 4.79 Å². The van der Waals surface area contributed by atoms with E-state index in [0.29, 0.717) is 25.7 Å². The number of piperidine rings is 1. The summed E-state index contributed by atoms with van der Waals surface area (Å²) in [5.74, 6) is -2.89. The summed E-state index contributed by atoms with van der Waals surface area (Å²) in [7, 11) is 1.62. The number of amides is 1. The van der Waals surface area contributed by atoms with Gasteiger partial charge in [-0.2, -0.15) is 0 Å². The summed E-state index contributed by atoms with van der Waals surface area (Å²) in [6, 6.07) is -0.909. The van der Waals surface area contributed by atoms with E-state index in [1.807, 2.05) is 12.2 Å². The molecule has 0 aromatic rings. The van der Waals surface area contributed by atoms with E-state index in [2.05, 4.69) is 0 Å². The molecule has 2 bridgehead atoms. The molecule has 1 saturated carbocycles. The van der Waals surface area contributed by atoms with Crippen LogP contribution < -0.4 is 0 Å². The van der Waals surface area contributed by atoms with E-state index >= 15 is 0 Å². The molecule has 4 unspecified atom stereocenters. The fraction of sp³-hybridized carbons (Fsp3) is 0.786. The number of fused-ring (bicyclic) bond motifs is 3. The molecule has 1 saturated heterocycles. The van der Waals surface area contributed by atoms with Crippen LogP contribution in [0.3, 0.4) is 0 Å². The second-order valence-electron chi connectivity index (χ2n) is 10.9. The number of Topliss-reactive ketones (excluding diaryl/α,β-unsaturated/α-hetero) is 2. The first kappa shape index (κ1) is 29.5. The molecule has 3 aliphatic rings. The molecule has 2 fully saturated rings. The molecular weight excluding hydrogens is 478 g/mol. The van der Waals surface area contributed by atoms with Crippen LogP contribution >= 0.6 is 0 Å². The second kappa shape index (κ2) is 13.6.